The van der Waals surface area contributed by atoms with E-state index in [1.54, 1.807) is 12.1 Å². The Balaban J connectivity index is 2.03. The second-order valence-corrected chi connectivity index (χ2v) is 7.86. The lowest BCUT2D eigenvalue weighted by molar-refractivity contribution is -0.384. The number of benzene rings is 1. The van der Waals surface area contributed by atoms with Gasteiger partial charge in [-0.15, -0.1) is 0 Å². The molecule has 1 aromatic heterocycles. The van der Waals surface area contributed by atoms with Crippen molar-refractivity contribution in [2.45, 2.75) is 65.1 Å². The summed E-state index contributed by atoms with van der Waals surface area (Å²) in [6.45, 7) is 10.1. The molecule has 7 nitrogen and oxygen atoms in total. The number of hydrogen-bond acceptors (Lipinski definition) is 6. The average molecular weight is 372 g/mol. The first-order chi connectivity index (χ1) is 12.7. The van der Waals surface area contributed by atoms with Crippen molar-refractivity contribution in [3.8, 4) is 11.3 Å². The third-order valence-corrected chi connectivity index (χ3v) is 5.40. The number of nitrogens with zero attached hydrogens (tertiary/aromatic N) is 2. The quantitative estimate of drug-likeness (QED) is 0.434. The van der Waals surface area contributed by atoms with Crippen molar-refractivity contribution in [2.24, 2.45) is 0 Å². The van der Waals surface area contributed by atoms with Crippen LogP contribution in [0.3, 0.4) is 0 Å². The number of non-ortho nitro benzene ring substituents is 1. The fourth-order valence-electron chi connectivity index (χ4n) is 3.00. The molecule has 1 saturated heterocycles. The van der Waals surface area contributed by atoms with Gasteiger partial charge in [-0.3, -0.25) is 10.1 Å². The maximum absolute atomic E-state index is 10.9. The zero-order chi connectivity index (χ0) is 19.8. The van der Waals surface area contributed by atoms with E-state index in [0.29, 0.717) is 5.69 Å². The van der Waals surface area contributed by atoms with E-state index in [1.165, 1.54) is 12.1 Å². The van der Waals surface area contributed by atoms with Crippen LogP contribution in [0.5, 0.6) is 0 Å². The van der Waals surface area contributed by atoms with E-state index < -0.39 is 23.2 Å². The van der Waals surface area contributed by atoms with E-state index in [1.807, 2.05) is 27.7 Å². The standard InChI is InChI=1S/C19H25BN2O5/c1-6-7-8-15-16(20-26-18(2,3)19(4,5)27-20)17(21-25-15)13-9-11-14(12-10-13)22(23)24/h9-12H,6-8H2,1-5H3. The maximum atomic E-state index is 10.9. The Hall–Kier alpha value is -2.19. The fraction of sp³-hybridized carbons (Fsp3) is 0.526. The van der Waals surface area contributed by atoms with Crippen LogP contribution in [-0.2, 0) is 15.7 Å². The Labute approximate surface area is 159 Å². The summed E-state index contributed by atoms with van der Waals surface area (Å²) < 4.78 is 18.1. The summed E-state index contributed by atoms with van der Waals surface area (Å²) in [5.41, 5.74) is 1.18. The molecule has 0 N–H and O–H groups in total. The van der Waals surface area contributed by atoms with Gasteiger partial charge in [0.15, 0.2) is 0 Å². The van der Waals surface area contributed by atoms with Crippen LogP contribution in [0.15, 0.2) is 28.8 Å². The highest BCUT2D eigenvalue weighted by Crippen LogP contribution is 2.37. The van der Waals surface area contributed by atoms with Gasteiger partial charge in [0.05, 0.1) is 21.6 Å². The molecule has 0 amide bonds. The van der Waals surface area contributed by atoms with E-state index in [0.717, 1.165) is 36.0 Å². The van der Waals surface area contributed by atoms with Gasteiger partial charge >= 0.3 is 7.12 Å². The second-order valence-electron chi connectivity index (χ2n) is 7.86. The highest BCUT2D eigenvalue weighted by atomic mass is 16.7. The van der Waals surface area contributed by atoms with Crippen LogP contribution in [-0.4, -0.2) is 28.4 Å². The predicted octanol–water partition coefficient (Wildman–Crippen LogP) is 3.89. The van der Waals surface area contributed by atoms with Gasteiger partial charge in [-0.2, -0.15) is 0 Å². The average Bonchev–Trinajstić information content (AvgIpc) is 3.11. The lowest BCUT2D eigenvalue weighted by Crippen LogP contribution is -2.41. The van der Waals surface area contributed by atoms with Gasteiger partial charge in [0.25, 0.3) is 5.69 Å². The molecule has 0 unspecified atom stereocenters. The smallest absolute Gasteiger partial charge is 0.399 e. The molecule has 144 valence electrons. The van der Waals surface area contributed by atoms with E-state index in [9.17, 15) is 10.1 Å². The molecule has 0 radical (unpaired) electrons. The summed E-state index contributed by atoms with van der Waals surface area (Å²) in [5.74, 6) is 0.740. The molecule has 0 aliphatic carbocycles. The molecule has 0 atom stereocenters. The summed E-state index contributed by atoms with van der Waals surface area (Å²) in [7, 11) is -0.599. The monoisotopic (exact) mass is 372 g/mol. The summed E-state index contributed by atoms with van der Waals surface area (Å²) in [6.07, 6.45) is 2.72. The number of aromatic nitrogens is 1. The minimum atomic E-state index is -0.599. The number of aryl methyl sites for hydroxylation is 1. The van der Waals surface area contributed by atoms with E-state index in [4.69, 9.17) is 13.8 Å². The fourth-order valence-corrected chi connectivity index (χ4v) is 3.00. The van der Waals surface area contributed by atoms with E-state index in [-0.39, 0.29) is 5.69 Å². The van der Waals surface area contributed by atoms with Crippen molar-refractivity contribution in [3.63, 3.8) is 0 Å². The molecule has 8 heteroatoms. The third kappa shape index (κ3) is 3.64. The topological polar surface area (TPSA) is 87.6 Å². The first-order valence-corrected chi connectivity index (χ1v) is 9.25. The molecule has 1 aliphatic heterocycles. The summed E-state index contributed by atoms with van der Waals surface area (Å²) in [6, 6.07) is 6.27. The molecule has 0 bridgehead atoms. The molecular formula is C19H25BN2O5. The maximum Gasteiger partial charge on any atom is 0.500 e. The number of nitro groups is 1. The van der Waals surface area contributed by atoms with Gasteiger partial charge in [0.2, 0.25) is 0 Å². The van der Waals surface area contributed by atoms with Crippen LogP contribution in [0, 0.1) is 10.1 Å². The Morgan fingerprint density at radius 1 is 1.11 bits per heavy atom. The first kappa shape index (κ1) is 19.6. The van der Waals surface area contributed by atoms with Crippen molar-refractivity contribution >= 4 is 18.3 Å². The molecule has 27 heavy (non-hydrogen) atoms. The molecule has 1 aliphatic rings. The SMILES string of the molecule is CCCCc1onc(-c2ccc([N+](=O)[O-])cc2)c1B1OC(C)(C)C(C)(C)O1. The van der Waals surface area contributed by atoms with Crippen molar-refractivity contribution in [3.05, 3.63) is 40.1 Å². The Kier molecular flexibility index (Phi) is 5.14. The lowest BCUT2D eigenvalue weighted by atomic mass is 9.75. The van der Waals surface area contributed by atoms with Gasteiger partial charge in [-0.25, -0.2) is 0 Å². The lowest BCUT2D eigenvalue weighted by Gasteiger charge is -2.32. The number of hydrogen-bond donors (Lipinski definition) is 0. The van der Waals surface area contributed by atoms with Gasteiger partial charge in [0, 0.05) is 24.1 Å². The molecule has 1 fully saturated rings. The van der Waals surface area contributed by atoms with Gasteiger partial charge < -0.3 is 13.8 Å². The zero-order valence-corrected chi connectivity index (χ0v) is 16.4. The van der Waals surface area contributed by atoms with Crippen LogP contribution in [0.4, 0.5) is 5.69 Å². The normalized spacial score (nSPS) is 18.0. The highest BCUT2D eigenvalue weighted by Gasteiger charge is 2.53. The molecule has 0 spiro atoms. The van der Waals surface area contributed by atoms with Crippen LogP contribution in [0.1, 0.15) is 53.2 Å². The van der Waals surface area contributed by atoms with Crippen LogP contribution in [0.2, 0.25) is 0 Å². The minimum absolute atomic E-state index is 0.0330. The third-order valence-electron chi connectivity index (χ3n) is 5.40. The number of nitro benzene ring substituents is 1. The Morgan fingerprint density at radius 3 is 2.22 bits per heavy atom. The van der Waals surface area contributed by atoms with Crippen molar-refractivity contribution in [1.29, 1.82) is 0 Å². The van der Waals surface area contributed by atoms with Gasteiger partial charge in [0.1, 0.15) is 11.5 Å². The van der Waals surface area contributed by atoms with Crippen molar-refractivity contribution < 1.29 is 18.8 Å². The largest absolute Gasteiger partial charge is 0.500 e. The number of rotatable bonds is 6. The molecule has 3 rings (SSSR count). The zero-order valence-electron chi connectivity index (χ0n) is 16.4. The predicted molar refractivity (Wildman–Crippen MR) is 103 cm³/mol. The van der Waals surface area contributed by atoms with Crippen molar-refractivity contribution in [2.75, 3.05) is 0 Å². The Morgan fingerprint density at radius 2 is 1.70 bits per heavy atom. The second kappa shape index (κ2) is 7.09. The van der Waals surface area contributed by atoms with Gasteiger partial charge in [-0.1, -0.05) is 18.5 Å². The molecule has 1 aromatic carbocycles. The van der Waals surface area contributed by atoms with Crippen LogP contribution >= 0.6 is 0 Å². The molecule has 2 heterocycles. The van der Waals surface area contributed by atoms with Crippen molar-refractivity contribution in [1.82, 2.24) is 5.16 Å². The number of unbranched alkanes of at least 4 members (excludes halogenated alkanes) is 1. The summed E-state index contributed by atoms with van der Waals surface area (Å²) in [4.78, 5) is 10.5. The molecular weight excluding hydrogens is 347 g/mol. The summed E-state index contributed by atoms with van der Waals surface area (Å²) in [5, 5.41) is 15.2. The summed E-state index contributed by atoms with van der Waals surface area (Å²) >= 11 is 0. The van der Waals surface area contributed by atoms with E-state index in [2.05, 4.69) is 12.1 Å². The van der Waals surface area contributed by atoms with Gasteiger partial charge in [-0.05, 0) is 46.2 Å². The van der Waals surface area contributed by atoms with Crippen LogP contribution in [0.25, 0.3) is 11.3 Å². The minimum Gasteiger partial charge on any atom is -0.399 e. The molecule has 0 saturated carbocycles. The first-order valence-electron chi connectivity index (χ1n) is 9.25. The van der Waals surface area contributed by atoms with E-state index >= 15 is 0 Å². The molecule has 2 aromatic rings. The highest BCUT2D eigenvalue weighted by molar-refractivity contribution is 6.64. The Bertz CT molecular complexity index is 813. The van der Waals surface area contributed by atoms with Crippen LogP contribution < -0.4 is 5.46 Å².